The first-order valence-corrected chi connectivity index (χ1v) is 0.200. The molecule has 0 aliphatic rings. The van der Waals surface area contributed by atoms with Crippen LogP contribution in [-0.2, 0) is 17.1 Å². The van der Waals surface area contributed by atoms with E-state index in [4.69, 9.17) is 10.5 Å². The summed E-state index contributed by atoms with van der Waals surface area (Å²) < 4.78 is 0. The maximum atomic E-state index is 6.00. The zero-order chi connectivity index (χ0) is 2.00. The quantitative estimate of drug-likeness (QED) is 0.203. The van der Waals surface area contributed by atoms with Crippen molar-refractivity contribution in [1.29, 1.82) is 0 Å². The Hall–Kier alpha value is 0.439. The summed E-state index contributed by atoms with van der Waals surface area (Å²) >= 11 is 0. The molecular formula is CH5MnO2-. The fraction of sp³-hybridized carbons (Fsp3) is 0. The van der Waals surface area contributed by atoms with Gasteiger partial charge in [0.2, 0.25) is 0 Å². The predicted molar refractivity (Wildman–Crippen MR) is 11.7 cm³/mol. The van der Waals surface area contributed by atoms with Crippen molar-refractivity contribution in [2.75, 3.05) is 0 Å². The molecule has 0 fully saturated rings. The van der Waals surface area contributed by atoms with Crippen LogP contribution in [0.2, 0.25) is 0 Å². The van der Waals surface area contributed by atoms with Gasteiger partial charge >= 0.3 is 0 Å². The zero-order valence-electron chi connectivity index (χ0n) is 2.27. The van der Waals surface area contributed by atoms with Gasteiger partial charge in [-0.25, -0.2) is 0 Å². The van der Waals surface area contributed by atoms with Crippen molar-refractivity contribution in [2.24, 2.45) is 0 Å². The minimum absolute atomic E-state index is 0. The number of hydrogen-bond donors (Lipinski definition) is 2. The van der Waals surface area contributed by atoms with Crippen molar-refractivity contribution in [2.45, 2.75) is 0 Å². The third-order valence-corrected chi connectivity index (χ3v) is 0. The van der Waals surface area contributed by atoms with E-state index in [1.54, 1.807) is 0 Å². The first-order valence-electron chi connectivity index (χ1n) is 0.200. The van der Waals surface area contributed by atoms with Gasteiger partial charge in [-0.3, -0.25) is 10.5 Å². The van der Waals surface area contributed by atoms with Gasteiger partial charge in [0.1, 0.15) is 0 Å². The SMILES string of the molecule is OO.[CH3-].[Mn]. The molecule has 4 heavy (non-hydrogen) atoms. The second-order valence-electron chi connectivity index (χ2n) is 0. The van der Waals surface area contributed by atoms with E-state index in [0.717, 1.165) is 0 Å². The molecule has 0 unspecified atom stereocenters. The third-order valence-electron chi connectivity index (χ3n) is 0. The molecule has 0 amide bonds. The molecule has 0 spiro atoms. The van der Waals surface area contributed by atoms with Crippen LogP contribution in [0.1, 0.15) is 0 Å². The van der Waals surface area contributed by atoms with E-state index >= 15 is 0 Å². The van der Waals surface area contributed by atoms with E-state index in [1.165, 1.54) is 0 Å². The number of rotatable bonds is 0. The molecule has 0 aromatic heterocycles. The molecule has 0 saturated heterocycles. The predicted octanol–water partition coefficient (Wildman–Crippen LogP) is 0.465. The zero-order valence-corrected chi connectivity index (χ0v) is 3.45. The third kappa shape index (κ3) is 26.2. The van der Waals surface area contributed by atoms with E-state index in [-0.39, 0.29) is 24.5 Å². The van der Waals surface area contributed by atoms with Gasteiger partial charge in [-0.05, 0) is 0 Å². The van der Waals surface area contributed by atoms with Gasteiger partial charge in [0.15, 0.2) is 0 Å². The molecule has 3 heteroatoms. The van der Waals surface area contributed by atoms with Gasteiger partial charge in [-0.2, -0.15) is 0 Å². The molecule has 0 heterocycles. The summed E-state index contributed by atoms with van der Waals surface area (Å²) in [5.74, 6) is 0. The van der Waals surface area contributed by atoms with Gasteiger partial charge in [-0.15, -0.1) is 0 Å². The Bertz CT molecular complexity index is 6.00. The summed E-state index contributed by atoms with van der Waals surface area (Å²) in [6.07, 6.45) is 0. The van der Waals surface area contributed by atoms with E-state index < -0.39 is 0 Å². The van der Waals surface area contributed by atoms with E-state index in [0.29, 0.717) is 0 Å². The van der Waals surface area contributed by atoms with Gasteiger partial charge in [0, 0.05) is 17.1 Å². The average molecular weight is 104 g/mol. The second-order valence-corrected chi connectivity index (χ2v) is 0. The van der Waals surface area contributed by atoms with E-state index in [9.17, 15) is 0 Å². The molecule has 0 aromatic carbocycles. The van der Waals surface area contributed by atoms with Crippen LogP contribution in [0.3, 0.4) is 0 Å². The second kappa shape index (κ2) is 106. The molecular weight excluding hydrogens is 98.9 g/mol. The minimum Gasteiger partial charge on any atom is -0.358 e. The van der Waals surface area contributed by atoms with Crippen LogP contribution in [0.15, 0.2) is 0 Å². The minimum atomic E-state index is 0. The number of hydrogen-bond acceptors (Lipinski definition) is 2. The van der Waals surface area contributed by atoms with Gasteiger partial charge in [-0.1, -0.05) is 0 Å². The Morgan fingerprint density at radius 3 is 1.00 bits per heavy atom. The molecule has 0 aromatic rings. The van der Waals surface area contributed by atoms with Crippen molar-refractivity contribution in [3.05, 3.63) is 7.43 Å². The first-order chi connectivity index (χ1) is 1.00. The Morgan fingerprint density at radius 2 is 1.00 bits per heavy atom. The molecule has 2 nitrogen and oxygen atoms in total. The van der Waals surface area contributed by atoms with Gasteiger partial charge < -0.3 is 7.43 Å². The normalized spacial score (nSPS) is 1.50. The molecule has 0 saturated carbocycles. The summed E-state index contributed by atoms with van der Waals surface area (Å²) in [5, 5.41) is 12.0. The maximum Gasteiger partial charge on any atom is 0 e. The van der Waals surface area contributed by atoms with Crippen LogP contribution in [0.25, 0.3) is 0 Å². The van der Waals surface area contributed by atoms with E-state index in [1.807, 2.05) is 0 Å². The van der Waals surface area contributed by atoms with Crippen molar-refractivity contribution >= 4 is 0 Å². The Morgan fingerprint density at radius 1 is 1.00 bits per heavy atom. The van der Waals surface area contributed by atoms with E-state index in [2.05, 4.69) is 0 Å². The largest absolute Gasteiger partial charge is 0.358 e. The van der Waals surface area contributed by atoms with Crippen LogP contribution < -0.4 is 0 Å². The maximum absolute atomic E-state index is 6.00. The van der Waals surface area contributed by atoms with Gasteiger partial charge in [0.05, 0.1) is 0 Å². The summed E-state index contributed by atoms with van der Waals surface area (Å²) in [7, 11) is 0. The summed E-state index contributed by atoms with van der Waals surface area (Å²) in [4.78, 5) is 0. The Balaban J connectivity index is -0.00000000500. The molecule has 0 aliphatic heterocycles. The van der Waals surface area contributed by atoms with Gasteiger partial charge in [0.25, 0.3) is 0 Å². The van der Waals surface area contributed by atoms with Crippen LogP contribution in [-0.4, -0.2) is 10.5 Å². The van der Waals surface area contributed by atoms with Crippen LogP contribution in [0.5, 0.6) is 0 Å². The summed E-state index contributed by atoms with van der Waals surface area (Å²) in [6, 6.07) is 0. The molecule has 0 rings (SSSR count). The van der Waals surface area contributed by atoms with Crippen LogP contribution >= 0.6 is 0 Å². The van der Waals surface area contributed by atoms with Crippen molar-refractivity contribution in [3.8, 4) is 0 Å². The van der Waals surface area contributed by atoms with Crippen molar-refractivity contribution in [3.63, 3.8) is 0 Å². The summed E-state index contributed by atoms with van der Waals surface area (Å²) in [5.41, 5.74) is 0. The van der Waals surface area contributed by atoms with Crippen molar-refractivity contribution < 1.29 is 27.6 Å². The Kier molecular flexibility index (Phi) is 672. The fourth-order valence-electron chi connectivity index (χ4n) is 0. The summed E-state index contributed by atoms with van der Waals surface area (Å²) in [6.45, 7) is 0. The topological polar surface area (TPSA) is 40.5 Å². The first kappa shape index (κ1) is 25.3. The van der Waals surface area contributed by atoms with Crippen LogP contribution in [0.4, 0.5) is 0 Å². The molecule has 0 aliphatic carbocycles. The molecule has 0 atom stereocenters. The van der Waals surface area contributed by atoms with Crippen molar-refractivity contribution in [1.82, 2.24) is 0 Å². The molecule has 0 bridgehead atoms. The molecule has 2 N–H and O–H groups in total. The standard InChI is InChI=1S/CH3.Mn.H2O2/c;;1-2/h1H3;;1-2H/q-1;;. The molecule has 29 valence electrons. The monoisotopic (exact) mass is 104 g/mol. The average Bonchev–Trinajstić information content (AvgIpc) is 1.00. The fourth-order valence-corrected chi connectivity index (χ4v) is 0. The Labute approximate surface area is 35.9 Å². The smallest absolute Gasteiger partial charge is 0 e. The molecule has 1 radical (unpaired) electrons. The van der Waals surface area contributed by atoms with Crippen LogP contribution in [0, 0.1) is 7.43 Å².